The van der Waals surface area contributed by atoms with E-state index in [1.54, 1.807) is 4.57 Å². The Hall–Kier alpha value is -2.32. The third-order valence-electron chi connectivity index (χ3n) is 4.88. The molecule has 0 saturated carbocycles. The second-order valence-corrected chi connectivity index (χ2v) is 6.61. The van der Waals surface area contributed by atoms with Crippen molar-refractivity contribution in [2.75, 3.05) is 18.5 Å². The second-order valence-electron chi connectivity index (χ2n) is 6.61. The van der Waals surface area contributed by atoms with Crippen molar-refractivity contribution in [3.8, 4) is 6.07 Å². The van der Waals surface area contributed by atoms with Crippen molar-refractivity contribution >= 4 is 17.0 Å². The van der Waals surface area contributed by atoms with Gasteiger partial charge in [-0.1, -0.05) is 6.42 Å². The van der Waals surface area contributed by atoms with E-state index in [9.17, 15) is 10.2 Å². The van der Waals surface area contributed by atoms with Crippen LogP contribution in [0, 0.1) is 11.3 Å². The van der Waals surface area contributed by atoms with E-state index in [1.807, 2.05) is 6.07 Å². The minimum Gasteiger partial charge on any atom is -0.387 e. The maximum atomic E-state index is 10.3. The standard InChI is InChI=1S/C16H21N7O3/c17-5-4-10-12(24)13(25)16(26-10)23-9-20-11-14(18-8-19-15(11)23)21-22-6-2-1-3-7-22/h8-10,12-13,16,24-25H,1-4,6-7H2,(H,18,19,21)/t10-,12-,13-,16-/m1/s1. The van der Waals surface area contributed by atoms with Gasteiger partial charge < -0.3 is 20.4 Å². The molecular formula is C16H21N7O3. The van der Waals surface area contributed by atoms with E-state index in [2.05, 4.69) is 25.4 Å². The number of nitriles is 1. The fourth-order valence-electron chi connectivity index (χ4n) is 3.49. The Morgan fingerprint density at radius 2 is 2.00 bits per heavy atom. The molecule has 0 aromatic carbocycles. The SMILES string of the molecule is N#CC[C@H]1O[C@@H](n2cnc3c(NN4CCCCC4)ncnc32)[C@H](O)[C@@H]1O. The third kappa shape index (κ3) is 2.99. The lowest BCUT2D eigenvalue weighted by atomic mass is 10.1. The number of ether oxygens (including phenoxy) is 1. The molecule has 2 aliphatic rings. The first kappa shape index (κ1) is 17.1. The molecule has 3 N–H and O–H groups in total. The van der Waals surface area contributed by atoms with Crippen LogP contribution in [0.1, 0.15) is 31.9 Å². The summed E-state index contributed by atoms with van der Waals surface area (Å²) in [5.74, 6) is 0.595. The highest BCUT2D eigenvalue weighted by Crippen LogP contribution is 2.33. The van der Waals surface area contributed by atoms with Crippen molar-refractivity contribution in [1.29, 1.82) is 5.26 Å². The normalized spacial score (nSPS) is 29.7. The summed E-state index contributed by atoms with van der Waals surface area (Å²) < 4.78 is 7.25. The Morgan fingerprint density at radius 3 is 2.77 bits per heavy atom. The van der Waals surface area contributed by atoms with Gasteiger partial charge in [-0.3, -0.25) is 4.57 Å². The molecule has 4 heterocycles. The van der Waals surface area contributed by atoms with Crippen LogP contribution in [0.15, 0.2) is 12.7 Å². The zero-order valence-electron chi connectivity index (χ0n) is 14.2. The number of nitrogens with one attached hydrogen (secondary N) is 1. The summed E-state index contributed by atoms with van der Waals surface area (Å²) in [5.41, 5.74) is 4.34. The topological polar surface area (TPSA) is 132 Å². The number of nitrogens with zero attached hydrogens (tertiary/aromatic N) is 6. The molecule has 0 bridgehead atoms. The maximum Gasteiger partial charge on any atom is 0.172 e. The Morgan fingerprint density at radius 1 is 1.19 bits per heavy atom. The lowest BCUT2D eigenvalue weighted by Crippen LogP contribution is -2.35. The van der Waals surface area contributed by atoms with Crippen LogP contribution in [0.3, 0.4) is 0 Å². The summed E-state index contributed by atoms with van der Waals surface area (Å²) >= 11 is 0. The van der Waals surface area contributed by atoms with Crippen molar-refractivity contribution in [3.63, 3.8) is 0 Å². The molecule has 0 aliphatic carbocycles. The van der Waals surface area contributed by atoms with Gasteiger partial charge >= 0.3 is 0 Å². The number of aliphatic hydroxyl groups is 2. The molecule has 0 amide bonds. The van der Waals surface area contributed by atoms with Gasteiger partial charge in [-0.2, -0.15) is 5.26 Å². The molecule has 2 aromatic heterocycles. The van der Waals surface area contributed by atoms with Crippen molar-refractivity contribution in [2.24, 2.45) is 0 Å². The van der Waals surface area contributed by atoms with Crippen LogP contribution in [0.5, 0.6) is 0 Å². The van der Waals surface area contributed by atoms with Gasteiger partial charge in [0.05, 0.1) is 18.8 Å². The summed E-state index contributed by atoms with van der Waals surface area (Å²) in [4.78, 5) is 12.9. The number of imidazole rings is 1. The van der Waals surface area contributed by atoms with Gasteiger partial charge in [-0.05, 0) is 12.8 Å². The highest BCUT2D eigenvalue weighted by atomic mass is 16.6. The molecule has 0 spiro atoms. The van der Waals surface area contributed by atoms with Crippen LogP contribution in [0.2, 0.25) is 0 Å². The number of hydrogen-bond donors (Lipinski definition) is 3. The monoisotopic (exact) mass is 359 g/mol. The van der Waals surface area contributed by atoms with Gasteiger partial charge in [0.1, 0.15) is 24.6 Å². The minimum absolute atomic E-state index is 0.00188. The average Bonchev–Trinajstić information content (AvgIpc) is 3.20. The van der Waals surface area contributed by atoms with Crippen LogP contribution < -0.4 is 5.43 Å². The quantitative estimate of drug-likeness (QED) is 0.699. The fourth-order valence-corrected chi connectivity index (χ4v) is 3.49. The molecule has 2 saturated heterocycles. The van der Waals surface area contributed by atoms with Crippen molar-refractivity contribution in [1.82, 2.24) is 24.5 Å². The summed E-state index contributed by atoms with van der Waals surface area (Å²) in [5, 5.41) is 31.4. The molecule has 0 unspecified atom stereocenters. The van der Waals surface area contributed by atoms with E-state index in [0.29, 0.717) is 17.0 Å². The lowest BCUT2D eigenvalue weighted by molar-refractivity contribution is -0.0333. The van der Waals surface area contributed by atoms with Gasteiger partial charge in [0, 0.05) is 13.1 Å². The molecular weight excluding hydrogens is 338 g/mol. The first-order valence-corrected chi connectivity index (χ1v) is 8.76. The number of rotatable bonds is 4. The molecule has 2 aliphatic heterocycles. The van der Waals surface area contributed by atoms with E-state index in [4.69, 9.17) is 10.00 Å². The molecule has 4 rings (SSSR count). The first-order valence-electron chi connectivity index (χ1n) is 8.76. The largest absolute Gasteiger partial charge is 0.387 e. The Bertz CT molecular complexity index is 814. The van der Waals surface area contributed by atoms with Gasteiger partial charge in [-0.25, -0.2) is 20.0 Å². The van der Waals surface area contributed by atoms with Gasteiger partial charge in [0.2, 0.25) is 0 Å². The number of hydrogen-bond acceptors (Lipinski definition) is 9. The number of piperidine rings is 1. The zero-order chi connectivity index (χ0) is 18.1. The Balaban J connectivity index is 1.61. The predicted molar refractivity (Wildman–Crippen MR) is 90.5 cm³/mol. The Kier molecular flexibility index (Phi) is 4.69. The zero-order valence-corrected chi connectivity index (χ0v) is 14.2. The van der Waals surface area contributed by atoms with Gasteiger partial charge in [0.25, 0.3) is 0 Å². The average molecular weight is 359 g/mol. The lowest BCUT2D eigenvalue weighted by Gasteiger charge is -2.27. The fraction of sp³-hybridized carbons (Fsp3) is 0.625. The van der Waals surface area contributed by atoms with Crippen molar-refractivity contribution in [3.05, 3.63) is 12.7 Å². The van der Waals surface area contributed by atoms with E-state index < -0.39 is 24.5 Å². The van der Waals surface area contributed by atoms with Crippen molar-refractivity contribution in [2.45, 2.75) is 50.2 Å². The number of anilines is 1. The molecule has 4 atom stereocenters. The van der Waals surface area contributed by atoms with Gasteiger partial charge in [-0.15, -0.1) is 0 Å². The Labute approximate surface area is 150 Å². The number of fused-ring (bicyclic) bond motifs is 1. The minimum atomic E-state index is -1.17. The van der Waals surface area contributed by atoms with E-state index in [-0.39, 0.29) is 6.42 Å². The molecule has 10 heteroatoms. The van der Waals surface area contributed by atoms with Crippen LogP contribution in [-0.2, 0) is 4.74 Å². The van der Waals surface area contributed by atoms with E-state index in [0.717, 1.165) is 25.9 Å². The molecule has 0 radical (unpaired) electrons. The van der Waals surface area contributed by atoms with E-state index >= 15 is 0 Å². The first-order chi connectivity index (χ1) is 12.7. The van der Waals surface area contributed by atoms with E-state index in [1.165, 1.54) is 19.1 Å². The predicted octanol–water partition coefficient (Wildman–Crippen LogP) is 0.172. The number of aromatic nitrogens is 4. The van der Waals surface area contributed by atoms with Crippen LogP contribution >= 0.6 is 0 Å². The van der Waals surface area contributed by atoms with Crippen molar-refractivity contribution < 1.29 is 14.9 Å². The maximum absolute atomic E-state index is 10.3. The highest BCUT2D eigenvalue weighted by Gasteiger charge is 2.44. The summed E-state index contributed by atoms with van der Waals surface area (Å²) in [6.45, 7) is 1.89. The molecule has 10 nitrogen and oxygen atoms in total. The number of hydrazine groups is 1. The summed E-state index contributed by atoms with van der Waals surface area (Å²) in [6.07, 6.45) is 2.53. The smallest absolute Gasteiger partial charge is 0.172 e. The summed E-state index contributed by atoms with van der Waals surface area (Å²) in [7, 11) is 0. The molecule has 138 valence electrons. The van der Waals surface area contributed by atoms with Crippen LogP contribution in [0.25, 0.3) is 11.2 Å². The highest BCUT2D eigenvalue weighted by molar-refractivity contribution is 5.82. The number of aliphatic hydroxyl groups excluding tert-OH is 2. The molecule has 2 aromatic rings. The summed E-state index contributed by atoms with van der Waals surface area (Å²) in [6, 6.07) is 1.96. The van der Waals surface area contributed by atoms with Crippen LogP contribution in [0.4, 0.5) is 5.82 Å². The van der Waals surface area contributed by atoms with Crippen LogP contribution in [-0.4, -0.2) is 66.1 Å². The molecule has 2 fully saturated rings. The molecule has 26 heavy (non-hydrogen) atoms. The second kappa shape index (κ2) is 7.13. The van der Waals surface area contributed by atoms with Gasteiger partial charge in [0.15, 0.2) is 23.2 Å². The third-order valence-corrected chi connectivity index (χ3v) is 4.88.